The van der Waals surface area contributed by atoms with E-state index in [1.807, 2.05) is 12.1 Å². The Morgan fingerprint density at radius 3 is 2.25 bits per heavy atom. The van der Waals surface area contributed by atoms with Crippen LogP contribution in [-0.4, -0.2) is 11.1 Å². The van der Waals surface area contributed by atoms with E-state index in [9.17, 15) is 5.11 Å². The summed E-state index contributed by atoms with van der Waals surface area (Å²) in [6.07, 6.45) is 3.56. The molecule has 0 radical (unpaired) electrons. The highest BCUT2D eigenvalue weighted by molar-refractivity contribution is 5.46. The summed E-state index contributed by atoms with van der Waals surface area (Å²) in [5, 5.41) is 12.7. The molecule has 0 fully saturated rings. The van der Waals surface area contributed by atoms with E-state index < -0.39 is 0 Å². The normalized spacial score (nSPS) is 14.4. The van der Waals surface area contributed by atoms with Crippen LogP contribution in [0.15, 0.2) is 24.3 Å². The molecule has 16 heavy (non-hydrogen) atoms. The SMILES string of the molecule is CCC(C)CC(CC)Nc1ccc(O)cc1. The number of phenols is 1. The molecule has 2 N–H and O–H groups in total. The Kier molecular flexibility index (Phi) is 5.17. The lowest BCUT2D eigenvalue weighted by molar-refractivity contribution is 0.461. The van der Waals surface area contributed by atoms with Crippen molar-refractivity contribution >= 4 is 5.69 Å². The smallest absolute Gasteiger partial charge is 0.115 e. The number of rotatable bonds is 6. The predicted octanol–water partition coefficient (Wildman–Crippen LogP) is 4.02. The summed E-state index contributed by atoms with van der Waals surface area (Å²) < 4.78 is 0. The van der Waals surface area contributed by atoms with Crippen LogP contribution in [0, 0.1) is 5.92 Å². The summed E-state index contributed by atoms with van der Waals surface area (Å²) in [5.74, 6) is 1.08. The number of anilines is 1. The molecule has 1 aromatic carbocycles. The quantitative estimate of drug-likeness (QED) is 0.711. The number of aromatic hydroxyl groups is 1. The van der Waals surface area contributed by atoms with Gasteiger partial charge in [0, 0.05) is 11.7 Å². The van der Waals surface area contributed by atoms with E-state index in [-0.39, 0.29) is 0 Å². The molecule has 0 aromatic heterocycles. The minimum Gasteiger partial charge on any atom is -0.508 e. The van der Waals surface area contributed by atoms with Gasteiger partial charge >= 0.3 is 0 Å². The van der Waals surface area contributed by atoms with Gasteiger partial charge in [0.25, 0.3) is 0 Å². The average Bonchev–Trinajstić information content (AvgIpc) is 2.30. The molecule has 0 aliphatic heterocycles. The molecule has 90 valence electrons. The van der Waals surface area contributed by atoms with Crippen molar-refractivity contribution in [3.05, 3.63) is 24.3 Å². The van der Waals surface area contributed by atoms with Crippen LogP contribution >= 0.6 is 0 Å². The molecular weight excluding hydrogens is 198 g/mol. The Morgan fingerprint density at radius 1 is 1.12 bits per heavy atom. The summed E-state index contributed by atoms with van der Waals surface area (Å²) >= 11 is 0. The van der Waals surface area contributed by atoms with Gasteiger partial charge in [-0.15, -0.1) is 0 Å². The number of nitrogens with one attached hydrogen (secondary N) is 1. The summed E-state index contributed by atoms with van der Waals surface area (Å²) in [6, 6.07) is 7.82. The molecule has 0 spiro atoms. The zero-order valence-electron chi connectivity index (χ0n) is 10.5. The van der Waals surface area contributed by atoms with Crippen LogP contribution in [0.5, 0.6) is 5.75 Å². The fourth-order valence-corrected chi connectivity index (χ4v) is 1.77. The third-order valence-corrected chi connectivity index (χ3v) is 3.11. The fraction of sp³-hybridized carbons (Fsp3) is 0.571. The molecule has 0 amide bonds. The maximum absolute atomic E-state index is 9.20. The Balaban J connectivity index is 2.52. The van der Waals surface area contributed by atoms with Gasteiger partial charge in [0.05, 0.1) is 0 Å². The monoisotopic (exact) mass is 221 g/mol. The van der Waals surface area contributed by atoms with Gasteiger partial charge in [0.2, 0.25) is 0 Å². The maximum atomic E-state index is 9.20. The van der Waals surface area contributed by atoms with Crippen LogP contribution in [0.1, 0.15) is 40.0 Å². The number of benzene rings is 1. The molecule has 0 saturated carbocycles. The number of phenolic OH excluding ortho intramolecular Hbond substituents is 1. The molecule has 1 rings (SSSR count). The average molecular weight is 221 g/mol. The van der Waals surface area contributed by atoms with Crippen LogP contribution in [0.3, 0.4) is 0 Å². The van der Waals surface area contributed by atoms with Crippen LogP contribution in [0.4, 0.5) is 5.69 Å². The molecule has 0 saturated heterocycles. The highest BCUT2D eigenvalue weighted by Gasteiger charge is 2.09. The molecule has 0 bridgehead atoms. The molecule has 0 aliphatic carbocycles. The van der Waals surface area contributed by atoms with Gasteiger partial charge in [0.1, 0.15) is 5.75 Å². The van der Waals surface area contributed by atoms with E-state index >= 15 is 0 Å². The minimum atomic E-state index is 0.320. The van der Waals surface area contributed by atoms with Crippen LogP contribution in [0.2, 0.25) is 0 Å². The van der Waals surface area contributed by atoms with Gasteiger partial charge in [-0.25, -0.2) is 0 Å². The molecule has 2 heteroatoms. The highest BCUT2D eigenvalue weighted by Crippen LogP contribution is 2.19. The zero-order valence-corrected chi connectivity index (χ0v) is 10.5. The van der Waals surface area contributed by atoms with Crippen molar-refractivity contribution in [3.8, 4) is 5.75 Å². The van der Waals surface area contributed by atoms with Gasteiger partial charge in [-0.3, -0.25) is 0 Å². The molecule has 0 heterocycles. The van der Waals surface area contributed by atoms with Gasteiger partial charge in [-0.05, 0) is 43.0 Å². The van der Waals surface area contributed by atoms with E-state index in [1.54, 1.807) is 12.1 Å². The Hall–Kier alpha value is -1.18. The lowest BCUT2D eigenvalue weighted by Crippen LogP contribution is -2.21. The third kappa shape index (κ3) is 4.13. The largest absolute Gasteiger partial charge is 0.508 e. The van der Waals surface area contributed by atoms with E-state index in [0.717, 1.165) is 18.0 Å². The summed E-state index contributed by atoms with van der Waals surface area (Å²) in [4.78, 5) is 0. The van der Waals surface area contributed by atoms with Crippen molar-refractivity contribution in [2.45, 2.75) is 46.1 Å². The molecule has 2 unspecified atom stereocenters. The van der Waals surface area contributed by atoms with E-state index in [0.29, 0.717) is 11.8 Å². The number of hydrogen-bond donors (Lipinski definition) is 2. The first-order valence-corrected chi connectivity index (χ1v) is 6.21. The first kappa shape index (κ1) is 12.9. The standard InChI is InChI=1S/C14H23NO/c1-4-11(3)10-12(5-2)15-13-6-8-14(16)9-7-13/h6-9,11-12,15-16H,4-5,10H2,1-3H3. The van der Waals surface area contributed by atoms with E-state index in [1.165, 1.54) is 12.8 Å². The second-order valence-electron chi connectivity index (χ2n) is 4.55. The van der Waals surface area contributed by atoms with Crippen molar-refractivity contribution in [3.63, 3.8) is 0 Å². The van der Waals surface area contributed by atoms with Gasteiger partial charge in [-0.2, -0.15) is 0 Å². The van der Waals surface area contributed by atoms with Crippen molar-refractivity contribution < 1.29 is 5.11 Å². The first-order chi connectivity index (χ1) is 7.65. The van der Waals surface area contributed by atoms with Gasteiger partial charge < -0.3 is 10.4 Å². The van der Waals surface area contributed by atoms with Crippen molar-refractivity contribution in [2.75, 3.05) is 5.32 Å². The van der Waals surface area contributed by atoms with Gasteiger partial charge in [-0.1, -0.05) is 27.2 Å². The van der Waals surface area contributed by atoms with Crippen LogP contribution < -0.4 is 5.32 Å². The van der Waals surface area contributed by atoms with E-state index in [4.69, 9.17) is 0 Å². The lowest BCUT2D eigenvalue weighted by atomic mass is 9.97. The van der Waals surface area contributed by atoms with Crippen LogP contribution in [0.25, 0.3) is 0 Å². The Morgan fingerprint density at radius 2 is 1.75 bits per heavy atom. The zero-order chi connectivity index (χ0) is 12.0. The van der Waals surface area contributed by atoms with Crippen molar-refractivity contribution in [1.29, 1.82) is 0 Å². The summed E-state index contributed by atoms with van der Waals surface area (Å²) in [5.41, 5.74) is 1.09. The second kappa shape index (κ2) is 6.41. The number of hydrogen-bond acceptors (Lipinski definition) is 2. The Labute approximate surface area is 98.7 Å². The van der Waals surface area contributed by atoms with Gasteiger partial charge in [0.15, 0.2) is 0 Å². The second-order valence-corrected chi connectivity index (χ2v) is 4.55. The summed E-state index contributed by atoms with van der Waals surface area (Å²) in [7, 11) is 0. The van der Waals surface area contributed by atoms with E-state index in [2.05, 4.69) is 26.1 Å². The Bertz CT molecular complexity index is 294. The predicted molar refractivity (Wildman–Crippen MR) is 69.9 cm³/mol. The topological polar surface area (TPSA) is 32.3 Å². The molecule has 1 aromatic rings. The van der Waals surface area contributed by atoms with Crippen molar-refractivity contribution in [2.24, 2.45) is 5.92 Å². The first-order valence-electron chi connectivity index (χ1n) is 6.21. The fourth-order valence-electron chi connectivity index (χ4n) is 1.77. The lowest BCUT2D eigenvalue weighted by Gasteiger charge is -2.21. The molecule has 2 nitrogen and oxygen atoms in total. The minimum absolute atomic E-state index is 0.320. The maximum Gasteiger partial charge on any atom is 0.115 e. The molecular formula is C14H23NO. The summed E-state index contributed by atoms with van der Waals surface area (Å²) in [6.45, 7) is 6.74. The highest BCUT2D eigenvalue weighted by atomic mass is 16.3. The third-order valence-electron chi connectivity index (χ3n) is 3.11. The van der Waals surface area contributed by atoms with Crippen molar-refractivity contribution in [1.82, 2.24) is 0 Å². The molecule has 2 atom stereocenters. The van der Waals surface area contributed by atoms with Crippen LogP contribution in [-0.2, 0) is 0 Å². The molecule has 0 aliphatic rings.